The smallest absolute Gasteiger partial charge is 0.225 e. The highest BCUT2D eigenvalue weighted by atomic mass is 19.1. The molecule has 0 aromatic heterocycles. The zero-order valence-electron chi connectivity index (χ0n) is 11.8. The van der Waals surface area contributed by atoms with Gasteiger partial charge in [-0.3, -0.25) is 4.79 Å². The van der Waals surface area contributed by atoms with E-state index in [1.807, 2.05) is 6.92 Å². The van der Waals surface area contributed by atoms with E-state index < -0.39 is 0 Å². The van der Waals surface area contributed by atoms with E-state index in [2.05, 4.69) is 10.2 Å². The number of hydrogen-bond donors (Lipinski definition) is 1. The fourth-order valence-corrected chi connectivity index (χ4v) is 2.33. The summed E-state index contributed by atoms with van der Waals surface area (Å²) in [5, 5.41) is 2.71. The fraction of sp³-hybridized carbons (Fsp3) is 0.533. The third-order valence-corrected chi connectivity index (χ3v) is 3.30. The third-order valence-electron chi connectivity index (χ3n) is 3.30. The van der Waals surface area contributed by atoms with Crippen molar-refractivity contribution < 1.29 is 13.9 Å². The van der Waals surface area contributed by atoms with Crippen LogP contribution in [-0.2, 0) is 9.53 Å². The van der Waals surface area contributed by atoms with Crippen molar-refractivity contribution in [2.75, 3.05) is 31.6 Å². The monoisotopic (exact) mass is 280 g/mol. The van der Waals surface area contributed by atoms with Crippen LogP contribution < -0.4 is 5.32 Å². The summed E-state index contributed by atoms with van der Waals surface area (Å²) in [6.07, 6.45) is 1.61. The van der Waals surface area contributed by atoms with Gasteiger partial charge in [0.2, 0.25) is 5.91 Å². The molecule has 1 saturated heterocycles. The van der Waals surface area contributed by atoms with Crippen molar-refractivity contribution in [3.8, 4) is 0 Å². The molecule has 1 aromatic rings. The highest BCUT2D eigenvalue weighted by Crippen LogP contribution is 2.10. The number of carbonyl (C=O) groups is 1. The van der Waals surface area contributed by atoms with E-state index in [-0.39, 0.29) is 17.8 Å². The van der Waals surface area contributed by atoms with E-state index in [0.29, 0.717) is 18.7 Å². The van der Waals surface area contributed by atoms with Gasteiger partial charge in [-0.15, -0.1) is 0 Å². The Bertz CT molecular complexity index is 453. The van der Waals surface area contributed by atoms with Crippen molar-refractivity contribution in [2.45, 2.75) is 25.9 Å². The van der Waals surface area contributed by atoms with E-state index >= 15 is 0 Å². The summed E-state index contributed by atoms with van der Waals surface area (Å²) in [5.74, 6) is -0.435. The van der Waals surface area contributed by atoms with Gasteiger partial charge in [-0.2, -0.15) is 0 Å². The van der Waals surface area contributed by atoms with Gasteiger partial charge >= 0.3 is 0 Å². The van der Waals surface area contributed by atoms with Gasteiger partial charge in [0.1, 0.15) is 5.82 Å². The molecule has 1 fully saturated rings. The highest BCUT2D eigenvalue weighted by Gasteiger charge is 2.15. The summed E-state index contributed by atoms with van der Waals surface area (Å²) in [4.78, 5) is 14.1. The number of carbonyl (C=O) groups excluding carboxylic acids is 1. The molecular formula is C15H21FN2O2. The summed E-state index contributed by atoms with van der Waals surface area (Å²) in [5.41, 5.74) is 0.502. The normalized spacial score (nSPS) is 20.4. The Morgan fingerprint density at radius 1 is 1.55 bits per heavy atom. The summed E-state index contributed by atoms with van der Waals surface area (Å²) < 4.78 is 18.6. The largest absolute Gasteiger partial charge is 0.377 e. The summed E-state index contributed by atoms with van der Waals surface area (Å²) >= 11 is 0. The van der Waals surface area contributed by atoms with Crippen LogP contribution in [0.4, 0.5) is 10.1 Å². The molecule has 1 aromatic carbocycles. The Balaban J connectivity index is 1.77. The van der Waals surface area contributed by atoms with E-state index in [1.54, 1.807) is 12.1 Å². The first-order valence-electron chi connectivity index (χ1n) is 7.03. The molecule has 4 nitrogen and oxygen atoms in total. The predicted molar refractivity (Wildman–Crippen MR) is 76.1 cm³/mol. The quantitative estimate of drug-likeness (QED) is 0.920. The van der Waals surface area contributed by atoms with Crippen LogP contribution in [-0.4, -0.2) is 43.2 Å². The molecule has 0 spiro atoms. The number of nitrogens with one attached hydrogen (secondary N) is 1. The molecule has 0 saturated carbocycles. The van der Waals surface area contributed by atoms with Gasteiger partial charge in [-0.05, 0) is 31.5 Å². The molecular weight excluding hydrogens is 259 g/mol. The Kier molecular flexibility index (Phi) is 5.49. The number of halogens is 1. The van der Waals surface area contributed by atoms with Crippen LogP contribution in [0.2, 0.25) is 0 Å². The van der Waals surface area contributed by atoms with Crippen molar-refractivity contribution in [2.24, 2.45) is 0 Å². The van der Waals surface area contributed by atoms with Crippen LogP contribution in [0.3, 0.4) is 0 Å². The van der Waals surface area contributed by atoms with E-state index in [4.69, 9.17) is 4.74 Å². The van der Waals surface area contributed by atoms with Crippen LogP contribution in [0.25, 0.3) is 0 Å². The van der Waals surface area contributed by atoms with E-state index in [0.717, 1.165) is 26.1 Å². The number of hydrogen-bond acceptors (Lipinski definition) is 3. The van der Waals surface area contributed by atoms with Crippen LogP contribution in [0.15, 0.2) is 24.3 Å². The lowest BCUT2D eigenvalue weighted by Crippen LogP contribution is -2.33. The van der Waals surface area contributed by atoms with Gasteiger partial charge in [-0.25, -0.2) is 4.39 Å². The molecule has 1 heterocycles. The molecule has 0 radical (unpaired) electrons. The zero-order chi connectivity index (χ0) is 14.4. The van der Waals surface area contributed by atoms with Crippen molar-refractivity contribution in [1.29, 1.82) is 0 Å². The average Bonchev–Trinajstić information content (AvgIpc) is 2.61. The lowest BCUT2D eigenvalue weighted by atomic mass is 10.2. The Morgan fingerprint density at radius 2 is 2.40 bits per heavy atom. The van der Waals surface area contributed by atoms with E-state index in [9.17, 15) is 9.18 Å². The average molecular weight is 280 g/mol. The molecule has 1 aliphatic heterocycles. The zero-order valence-corrected chi connectivity index (χ0v) is 11.8. The summed E-state index contributed by atoms with van der Waals surface area (Å²) in [7, 11) is 0. The summed E-state index contributed by atoms with van der Waals surface area (Å²) in [6, 6.07) is 5.94. The maximum absolute atomic E-state index is 13.0. The Labute approximate surface area is 118 Å². The molecule has 2 rings (SSSR count). The van der Waals surface area contributed by atoms with Crippen molar-refractivity contribution in [3.05, 3.63) is 30.1 Å². The molecule has 0 bridgehead atoms. The molecule has 1 aliphatic rings. The van der Waals surface area contributed by atoms with Crippen molar-refractivity contribution >= 4 is 11.6 Å². The van der Waals surface area contributed by atoms with Gasteiger partial charge in [0.05, 0.1) is 6.10 Å². The molecule has 1 atom stereocenters. The number of ether oxygens (including phenoxy) is 1. The maximum atomic E-state index is 13.0. The van der Waals surface area contributed by atoms with Crippen molar-refractivity contribution in [3.63, 3.8) is 0 Å². The predicted octanol–water partition coefficient (Wildman–Crippen LogP) is 2.27. The van der Waals surface area contributed by atoms with Gasteiger partial charge in [0, 0.05) is 38.3 Å². The second-order valence-electron chi connectivity index (χ2n) is 5.14. The minimum atomic E-state index is -0.346. The number of benzene rings is 1. The van der Waals surface area contributed by atoms with Gasteiger partial charge in [0.15, 0.2) is 0 Å². The Morgan fingerprint density at radius 3 is 3.20 bits per heavy atom. The standard InChI is InChI=1S/C15H21FN2O2/c1-12-11-18(7-3-9-20-12)8-6-15(19)17-14-5-2-4-13(16)10-14/h2,4-5,10,12H,3,6-9,11H2,1H3,(H,17,19)/t12-/m1/s1. The maximum Gasteiger partial charge on any atom is 0.225 e. The first-order chi connectivity index (χ1) is 9.63. The second-order valence-corrected chi connectivity index (χ2v) is 5.14. The van der Waals surface area contributed by atoms with Gasteiger partial charge in [0.25, 0.3) is 0 Å². The van der Waals surface area contributed by atoms with Crippen LogP contribution in [0.1, 0.15) is 19.8 Å². The first kappa shape index (κ1) is 14.9. The third kappa shape index (κ3) is 4.90. The van der Waals surface area contributed by atoms with Crippen LogP contribution in [0.5, 0.6) is 0 Å². The highest BCUT2D eigenvalue weighted by molar-refractivity contribution is 5.90. The number of rotatable bonds is 4. The molecule has 5 heteroatoms. The number of anilines is 1. The molecule has 110 valence electrons. The lowest BCUT2D eigenvalue weighted by Gasteiger charge is -2.21. The number of nitrogens with zero attached hydrogens (tertiary/aromatic N) is 1. The topological polar surface area (TPSA) is 41.6 Å². The molecule has 0 aliphatic carbocycles. The molecule has 1 N–H and O–H groups in total. The molecule has 20 heavy (non-hydrogen) atoms. The van der Waals surface area contributed by atoms with Gasteiger partial charge in [-0.1, -0.05) is 6.07 Å². The van der Waals surface area contributed by atoms with Crippen molar-refractivity contribution in [1.82, 2.24) is 4.90 Å². The number of amides is 1. The minimum Gasteiger partial charge on any atom is -0.377 e. The molecule has 0 unspecified atom stereocenters. The van der Waals surface area contributed by atoms with Crippen LogP contribution in [0, 0.1) is 5.82 Å². The van der Waals surface area contributed by atoms with Gasteiger partial charge < -0.3 is 15.0 Å². The molecule has 1 amide bonds. The Hall–Kier alpha value is -1.46. The van der Waals surface area contributed by atoms with E-state index in [1.165, 1.54) is 12.1 Å². The lowest BCUT2D eigenvalue weighted by molar-refractivity contribution is -0.116. The SMILES string of the molecule is C[C@@H]1CN(CCC(=O)Nc2cccc(F)c2)CCCO1. The fourth-order valence-electron chi connectivity index (χ4n) is 2.33. The summed E-state index contributed by atoms with van der Waals surface area (Å²) in [6.45, 7) is 5.35. The second kappa shape index (κ2) is 7.36. The van der Waals surface area contributed by atoms with Crippen LogP contribution >= 0.6 is 0 Å². The minimum absolute atomic E-state index is 0.0894. The first-order valence-corrected chi connectivity index (χ1v) is 7.03.